The van der Waals surface area contributed by atoms with Gasteiger partial charge >= 0.3 is 0 Å². The summed E-state index contributed by atoms with van der Waals surface area (Å²) in [6, 6.07) is 9.64. The van der Waals surface area contributed by atoms with E-state index in [0.29, 0.717) is 5.75 Å². The molecule has 2 rings (SSSR count). The van der Waals surface area contributed by atoms with E-state index in [2.05, 4.69) is 4.72 Å². The van der Waals surface area contributed by atoms with Gasteiger partial charge in [0.05, 0.1) is 14.2 Å². The van der Waals surface area contributed by atoms with Gasteiger partial charge in [0.2, 0.25) is 0 Å². The van der Waals surface area contributed by atoms with Crippen LogP contribution in [-0.4, -0.2) is 29.2 Å². The lowest BCUT2D eigenvalue weighted by molar-refractivity contribution is 0.350. The van der Waals surface area contributed by atoms with Crippen LogP contribution >= 0.6 is 0 Å². The molecule has 0 aromatic heterocycles. The normalized spacial score (nSPS) is 10.6. The molecular weight excluding hydrogens is 351 g/mol. The number of methoxy groups -OCH3 is 2. The van der Waals surface area contributed by atoms with Crippen LogP contribution in [-0.2, 0) is 10.0 Å². The molecule has 0 unspecified atom stereocenters. The number of halogens is 1. The van der Waals surface area contributed by atoms with Crippen LogP contribution in [0.2, 0.25) is 0 Å². The SMILES string of the molecule is COc1cc(F)c(S(=O)(=O)Nc2ccc(OCC#N)cc2)cc1OC. The van der Waals surface area contributed by atoms with Crippen LogP contribution in [0.3, 0.4) is 0 Å². The molecule has 9 heteroatoms. The fraction of sp³-hybridized carbons (Fsp3) is 0.188. The van der Waals surface area contributed by atoms with Gasteiger partial charge in [-0.05, 0) is 24.3 Å². The van der Waals surface area contributed by atoms with Crippen molar-refractivity contribution >= 4 is 15.7 Å². The molecular formula is C16H15FN2O5S. The van der Waals surface area contributed by atoms with Crippen molar-refractivity contribution in [2.75, 3.05) is 25.5 Å². The van der Waals surface area contributed by atoms with E-state index in [1.165, 1.54) is 38.5 Å². The molecule has 0 saturated carbocycles. The van der Waals surface area contributed by atoms with Gasteiger partial charge in [0.15, 0.2) is 18.1 Å². The minimum atomic E-state index is -4.19. The van der Waals surface area contributed by atoms with Gasteiger partial charge in [0.1, 0.15) is 22.5 Å². The summed E-state index contributed by atoms with van der Waals surface area (Å²) in [5.74, 6) is -0.400. The highest BCUT2D eigenvalue weighted by atomic mass is 32.2. The van der Waals surface area contributed by atoms with Gasteiger partial charge < -0.3 is 14.2 Å². The molecule has 132 valence electrons. The Labute approximate surface area is 144 Å². The van der Waals surface area contributed by atoms with Gasteiger partial charge in [0.25, 0.3) is 10.0 Å². The average molecular weight is 366 g/mol. The number of hydrogen-bond donors (Lipinski definition) is 1. The number of hydrogen-bond acceptors (Lipinski definition) is 6. The third-order valence-electron chi connectivity index (χ3n) is 3.14. The monoisotopic (exact) mass is 366 g/mol. The van der Waals surface area contributed by atoms with Crippen LogP contribution in [0.1, 0.15) is 0 Å². The van der Waals surface area contributed by atoms with E-state index in [-0.39, 0.29) is 23.8 Å². The molecule has 0 spiro atoms. The molecule has 0 radical (unpaired) electrons. The first-order chi connectivity index (χ1) is 11.9. The highest BCUT2D eigenvalue weighted by Crippen LogP contribution is 2.32. The van der Waals surface area contributed by atoms with Gasteiger partial charge in [-0.15, -0.1) is 0 Å². The van der Waals surface area contributed by atoms with E-state index >= 15 is 0 Å². The molecule has 0 fully saturated rings. The molecule has 25 heavy (non-hydrogen) atoms. The Hall–Kier alpha value is -2.99. The fourth-order valence-electron chi connectivity index (χ4n) is 1.99. The number of rotatable bonds is 7. The molecule has 0 heterocycles. The smallest absolute Gasteiger partial charge is 0.264 e. The zero-order valence-corrected chi connectivity index (χ0v) is 14.3. The molecule has 0 atom stereocenters. The van der Waals surface area contributed by atoms with Crippen molar-refractivity contribution in [3.8, 4) is 23.3 Å². The number of anilines is 1. The molecule has 0 bridgehead atoms. The number of ether oxygens (including phenoxy) is 3. The standard InChI is InChI=1S/C16H15FN2O5S/c1-22-14-9-13(17)16(10-15(14)23-2)25(20,21)19-11-3-5-12(6-4-11)24-8-7-18/h3-6,9-10,19H,8H2,1-2H3. The lowest BCUT2D eigenvalue weighted by Crippen LogP contribution is -2.15. The third kappa shape index (κ3) is 4.30. The van der Waals surface area contributed by atoms with Crippen LogP contribution in [0, 0.1) is 17.1 Å². The van der Waals surface area contributed by atoms with Crippen molar-refractivity contribution in [3.05, 3.63) is 42.2 Å². The summed E-state index contributed by atoms with van der Waals surface area (Å²) in [6.45, 7) is -0.123. The first-order valence-electron chi connectivity index (χ1n) is 6.95. The second-order valence-electron chi connectivity index (χ2n) is 4.71. The number of benzene rings is 2. The van der Waals surface area contributed by atoms with Crippen LogP contribution in [0.5, 0.6) is 17.2 Å². The lowest BCUT2D eigenvalue weighted by atomic mass is 10.3. The average Bonchev–Trinajstić information content (AvgIpc) is 2.60. The predicted molar refractivity (Wildman–Crippen MR) is 87.9 cm³/mol. The third-order valence-corrected chi connectivity index (χ3v) is 4.53. The largest absolute Gasteiger partial charge is 0.493 e. The van der Waals surface area contributed by atoms with Crippen molar-refractivity contribution in [1.29, 1.82) is 5.26 Å². The van der Waals surface area contributed by atoms with Crippen LogP contribution in [0.4, 0.5) is 10.1 Å². The van der Waals surface area contributed by atoms with Crippen molar-refractivity contribution < 1.29 is 27.0 Å². The topological polar surface area (TPSA) is 97.7 Å². The maximum atomic E-state index is 14.1. The summed E-state index contributed by atoms with van der Waals surface area (Å²) in [7, 11) is -1.55. The maximum Gasteiger partial charge on any atom is 0.264 e. The molecule has 0 aliphatic heterocycles. The van der Waals surface area contributed by atoms with Gasteiger partial charge in [-0.1, -0.05) is 0 Å². The van der Waals surface area contributed by atoms with Gasteiger partial charge in [-0.2, -0.15) is 5.26 Å². The zero-order chi connectivity index (χ0) is 18.4. The Kier molecular flexibility index (Phi) is 5.67. The summed E-state index contributed by atoms with van der Waals surface area (Å²) in [6.07, 6.45) is 0. The quantitative estimate of drug-likeness (QED) is 0.809. The summed E-state index contributed by atoms with van der Waals surface area (Å²) >= 11 is 0. The second-order valence-corrected chi connectivity index (χ2v) is 6.37. The van der Waals surface area contributed by atoms with Crippen molar-refractivity contribution in [2.45, 2.75) is 4.90 Å². The van der Waals surface area contributed by atoms with Gasteiger partial charge in [-0.25, -0.2) is 12.8 Å². The highest BCUT2D eigenvalue weighted by molar-refractivity contribution is 7.92. The summed E-state index contributed by atoms with van der Waals surface area (Å²) in [5.41, 5.74) is 0.207. The van der Waals surface area contributed by atoms with Crippen LogP contribution < -0.4 is 18.9 Å². The van der Waals surface area contributed by atoms with Crippen LogP contribution in [0.15, 0.2) is 41.3 Å². The molecule has 0 amide bonds. The fourth-order valence-corrected chi connectivity index (χ4v) is 3.12. The Bertz CT molecular complexity index is 892. The molecule has 2 aromatic rings. The Morgan fingerprint density at radius 3 is 2.28 bits per heavy atom. The van der Waals surface area contributed by atoms with Gasteiger partial charge in [0, 0.05) is 17.8 Å². The Balaban J connectivity index is 2.29. The van der Waals surface area contributed by atoms with E-state index in [9.17, 15) is 12.8 Å². The molecule has 1 N–H and O–H groups in total. The molecule has 2 aromatic carbocycles. The zero-order valence-electron chi connectivity index (χ0n) is 13.4. The Morgan fingerprint density at radius 1 is 1.12 bits per heavy atom. The van der Waals surface area contributed by atoms with E-state index in [1.54, 1.807) is 0 Å². The molecule has 0 aliphatic rings. The minimum absolute atomic E-state index is 0.0814. The van der Waals surface area contributed by atoms with E-state index in [4.69, 9.17) is 19.5 Å². The number of nitrogens with zero attached hydrogens (tertiary/aromatic N) is 1. The van der Waals surface area contributed by atoms with E-state index < -0.39 is 20.7 Å². The van der Waals surface area contributed by atoms with Crippen LogP contribution in [0.25, 0.3) is 0 Å². The molecule has 0 aliphatic carbocycles. The van der Waals surface area contributed by atoms with Crippen molar-refractivity contribution in [3.63, 3.8) is 0 Å². The number of sulfonamides is 1. The van der Waals surface area contributed by atoms with E-state index in [0.717, 1.165) is 12.1 Å². The molecule has 7 nitrogen and oxygen atoms in total. The van der Waals surface area contributed by atoms with Gasteiger partial charge in [-0.3, -0.25) is 4.72 Å². The van der Waals surface area contributed by atoms with Crippen molar-refractivity contribution in [1.82, 2.24) is 0 Å². The number of nitriles is 1. The number of nitrogens with one attached hydrogen (secondary N) is 1. The van der Waals surface area contributed by atoms with E-state index in [1.807, 2.05) is 6.07 Å². The Morgan fingerprint density at radius 2 is 1.72 bits per heavy atom. The minimum Gasteiger partial charge on any atom is -0.493 e. The lowest BCUT2D eigenvalue weighted by Gasteiger charge is -2.13. The summed E-state index contributed by atoms with van der Waals surface area (Å²) < 4.78 is 56.3. The van der Waals surface area contributed by atoms with Crippen molar-refractivity contribution in [2.24, 2.45) is 0 Å². The summed E-state index contributed by atoms with van der Waals surface area (Å²) in [4.78, 5) is -0.574. The maximum absolute atomic E-state index is 14.1. The second kappa shape index (κ2) is 7.72. The summed E-state index contributed by atoms with van der Waals surface area (Å²) in [5, 5.41) is 8.45. The molecule has 0 saturated heterocycles. The first-order valence-corrected chi connectivity index (χ1v) is 8.43. The predicted octanol–water partition coefficient (Wildman–Crippen LogP) is 2.55. The highest BCUT2D eigenvalue weighted by Gasteiger charge is 2.22. The first kappa shape index (κ1) is 18.4.